The molecular formula is C8H15F3N2O2. The van der Waals surface area contributed by atoms with Crippen LogP contribution in [-0.2, 0) is 4.74 Å². The lowest BCUT2D eigenvalue weighted by Crippen LogP contribution is -2.47. The van der Waals surface area contributed by atoms with Crippen LogP contribution in [0, 0.1) is 0 Å². The third-order valence-corrected chi connectivity index (χ3v) is 1.29. The Balaban J connectivity index is 3.92. The number of carbonyl (C=O) groups excluding carboxylic acids is 1. The average molecular weight is 228 g/mol. The zero-order valence-electron chi connectivity index (χ0n) is 8.81. The summed E-state index contributed by atoms with van der Waals surface area (Å²) in [6.45, 7) is 4.13. The Morgan fingerprint density at radius 2 is 1.87 bits per heavy atom. The second-order valence-electron chi connectivity index (χ2n) is 4.03. The molecule has 1 amide bonds. The molecule has 0 aliphatic rings. The van der Waals surface area contributed by atoms with Crippen molar-refractivity contribution in [1.82, 2.24) is 5.32 Å². The quantitative estimate of drug-likeness (QED) is 0.750. The first kappa shape index (κ1) is 14.0. The van der Waals surface area contributed by atoms with Gasteiger partial charge in [0.15, 0.2) is 0 Å². The van der Waals surface area contributed by atoms with Gasteiger partial charge in [-0.05, 0) is 20.8 Å². The standard InChI is InChI=1S/C8H15F3N2O2/c1-7(2,3)15-6(14)13-4-5(12)8(9,10)11/h5H,4,12H2,1-3H3,(H,13,14)/t5-/m1/s1. The molecule has 0 saturated heterocycles. The van der Waals surface area contributed by atoms with Gasteiger partial charge in [0.2, 0.25) is 0 Å². The Morgan fingerprint density at radius 3 is 2.20 bits per heavy atom. The molecule has 0 aromatic carbocycles. The van der Waals surface area contributed by atoms with E-state index in [9.17, 15) is 18.0 Å². The molecular weight excluding hydrogens is 213 g/mol. The summed E-state index contributed by atoms with van der Waals surface area (Å²) in [4.78, 5) is 10.9. The summed E-state index contributed by atoms with van der Waals surface area (Å²) in [6, 6.07) is -2.08. The smallest absolute Gasteiger partial charge is 0.407 e. The SMILES string of the molecule is CC(C)(C)OC(=O)NC[C@@H](N)C(F)(F)F. The fourth-order valence-corrected chi connectivity index (χ4v) is 0.623. The molecule has 0 unspecified atom stereocenters. The second kappa shape index (κ2) is 4.69. The van der Waals surface area contributed by atoms with Crippen molar-refractivity contribution in [3.05, 3.63) is 0 Å². The van der Waals surface area contributed by atoms with Crippen LogP contribution < -0.4 is 11.1 Å². The zero-order chi connectivity index (χ0) is 12.3. The highest BCUT2D eigenvalue weighted by atomic mass is 19.4. The van der Waals surface area contributed by atoms with E-state index in [-0.39, 0.29) is 0 Å². The lowest BCUT2D eigenvalue weighted by Gasteiger charge is -2.21. The maximum absolute atomic E-state index is 11.9. The van der Waals surface area contributed by atoms with Crippen molar-refractivity contribution in [2.45, 2.75) is 38.6 Å². The Bertz CT molecular complexity index is 223. The predicted molar refractivity (Wildman–Crippen MR) is 48.3 cm³/mol. The molecule has 0 radical (unpaired) electrons. The number of alkyl halides is 3. The van der Waals surface area contributed by atoms with Crippen molar-refractivity contribution in [3.63, 3.8) is 0 Å². The Hall–Kier alpha value is -0.980. The van der Waals surface area contributed by atoms with Crippen LogP contribution in [0.5, 0.6) is 0 Å². The van der Waals surface area contributed by atoms with Gasteiger partial charge in [-0.25, -0.2) is 4.79 Å². The van der Waals surface area contributed by atoms with Crippen LogP contribution in [0.3, 0.4) is 0 Å². The molecule has 0 spiro atoms. The second-order valence-corrected chi connectivity index (χ2v) is 4.03. The largest absolute Gasteiger partial charge is 0.444 e. The molecule has 4 nitrogen and oxygen atoms in total. The molecule has 0 aromatic heterocycles. The number of hydrogen-bond donors (Lipinski definition) is 2. The van der Waals surface area contributed by atoms with Gasteiger partial charge in [-0.2, -0.15) is 13.2 Å². The molecule has 15 heavy (non-hydrogen) atoms. The maximum atomic E-state index is 11.9. The van der Waals surface area contributed by atoms with Crippen LogP contribution in [0.1, 0.15) is 20.8 Å². The van der Waals surface area contributed by atoms with E-state index in [1.807, 2.05) is 5.32 Å². The zero-order valence-corrected chi connectivity index (χ0v) is 8.81. The number of ether oxygens (including phenoxy) is 1. The van der Waals surface area contributed by atoms with E-state index in [0.717, 1.165) is 0 Å². The van der Waals surface area contributed by atoms with E-state index >= 15 is 0 Å². The van der Waals surface area contributed by atoms with E-state index in [0.29, 0.717) is 0 Å². The van der Waals surface area contributed by atoms with E-state index in [4.69, 9.17) is 10.5 Å². The van der Waals surface area contributed by atoms with Gasteiger partial charge >= 0.3 is 12.3 Å². The van der Waals surface area contributed by atoms with Gasteiger partial charge in [0.25, 0.3) is 0 Å². The van der Waals surface area contributed by atoms with Crippen molar-refractivity contribution in [2.75, 3.05) is 6.54 Å². The van der Waals surface area contributed by atoms with Crippen molar-refractivity contribution in [1.29, 1.82) is 0 Å². The molecule has 0 aliphatic carbocycles. The van der Waals surface area contributed by atoms with Gasteiger partial charge in [-0.3, -0.25) is 0 Å². The van der Waals surface area contributed by atoms with Crippen LogP contribution >= 0.6 is 0 Å². The van der Waals surface area contributed by atoms with Gasteiger partial charge in [-0.1, -0.05) is 0 Å². The third kappa shape index (κ3) is 7.01. The molecule has 0 saturated carbocycles. The minimum Gasteiger partial charge on any atom is -0.444 e. The van der Waals surface area contributed by atoms with Crippen molar-refractivity contribution < 1.29 is 22.7 Å². The average Bonchev–Trinajstić information content (AvgIpc) is 1.94. The van der Waals surface area contributed by atoms with Crippen LogP contribution in [0.25, 0.3) is 0 Å². The van der Waals surface area contributed by atoms with E-state index in [1.165, 1.54) is 0 Å². The molecule has 7 heteroatoms. The summed E-state index contributed by atoms with van der Waals surface area (Å²) < 4.78 is 40.5. The number of alkyl carbamates (subject to hydrolysis) is 1. The fourth-order valence-electron chi connectivity index (χ4n) is 0.623. The molecule has 0 fully saturated rings. The lowest BCUT2D eigenvalue weighted by atomic mass is 10.2. The first-order valence-corrected chi connectivity index (χ1v) is 4.31. The first-order valence-electron chi connectivity index (χ1n) is 4.31. The van der Waals surface area contributed by atoms with Gasteiger partial charge in [-0.15, -0.1) is 0 Å². The highest BCUT2D eigenvalue weighted by molar-refractivity contribution is 5.67. The number of amides is 1. The van der Waals surface area contributed by atoms with Crippen molar-refractivity contribution in [3.8, 4) is 0 Å². The molecule has 1 atom stereocenters. The van der Waals surface area contributed by atoms with Crippen molar-refractivity contribution in [2.24, 2.45) is 5.73 Å². The lowest BCUT2D eigenvalue weighted by molar-refractivity contribution is -0.146. The number of nitrogens with two attached hydrogens (primary N) is 1. The van der Waals surface area contributed by atoms with Gasteiger partial charge < -0.3 is 15.8 Å². The highest BCUT2D eigenvalue weighted by Gasteiger charge is 2.36. The fraction of sp³-hybridized carbons (Fsp3) is 0.875. The Kier molecular flexibility index (Phi) is 4.39. The summed E-state index contributed by atoms with van der Waals surface area (Å²) in [6.07, 6.45) is -5.43. The predicted octanol–water partition coefficient (Wildman–Crippen LogP) is 1.40. The molecule has 0 aliphatic heterocycles. The summed E-state index contributed by atoms with van der Waals surface area (Å²) in [5.41, 5.74) is 4.02. The summed E-state index contributed by atoms with van der Waals surface area (Å²) >= 11 is 0. The monoisotopic (exact) mass is 228 g/mol. The number of rotatable bonds is 2. The van der Waals surface area contributed by atoms with Crippen LogP contribution in [0.2, 0.25) is 0 Å². The van der Waals surface area contributed by atoms with Gasteiger partial charge in [0, 0.05) is 6.54 Å². The normalized spacial score (nSPS) is 14.6. The third-order valence-electron chi connectivity index (χ3n) is 1.29. The van der Waals surface area contributed by atoms with Crippen molar-refractivity contribution >= 4 is 6.09 Å². The first-order chi connectivity index (χ1) is 6.52. The van der Waals surface area contributed by atoms with Crippen LogP contribution in [0.4, 0.5) is 18.0 Å². The molecule has 0 aromatic rings. The Labute approximate surface area is 86.0 Å². The molecule has 0 rings (SSSR count). The van der Waals surface area contributed by atoms with E-state index in [1.54, 1.807) is 20.8 Å². The van der Waals surface area contributed by atoms with Gasteiger partial charge in [0.05, 0.1) is 0 Å². The topological polar surface area (TPSA) is 64.3 Å². The summed E-state index contributed by atoms with van der Waals surface area (Å²) in [5, 5.41) is 1.94. The van der Waals surface area contributed by atoms with E-state index < -0.39 is 30.5 Å². The number of hydrogen-bond acceptors (Lipinski definition) is 3. The number of carbonyl (C=O) groups is 1. The Morgan fingerprint density at radius 1 is 1.40 bits per heavy atom. The molecule has 90 valence electrons. The highest BCUT2D eigenvalue weighted by Crippen LogP contribution is 2.17. The van der Waals surface area contributed by atoms with Crippen LogP contribution in [-0.4, -0.2) is 30.5 Å². The number of nitrogens with one attached hydrogen (secondary N) is 1. The summed E-state index contributed by atoms with van der Waals surface area (Å²) in [5.74, 6) is 0. The van der Waals surface area contributed by atoms with Crippen LogP contribution in [0.15, 0.2) is 0 Å². The number of halogens is 3. The minimum atomic E-state index is -4.52. The summed E-state index contributed by atoms with van der Waals surface area (Å²) in [7, 11) is 0. The van der Waals surface area contributed by atoms with E-state index in [2.05, 4.69) is 0 Å². The van der Waals surface area contributed by atoms with Gasteiger partial charge in [0.1, 0.15) is 11.6 Å². The molecule has 0 heterocycles. The minimum absolute atomic E-state index is 0.696. The molecule has 0 bridgehead atoms. The molecule has 3 N–H and O–H groups in total. The maximum Gasteiger partial charge on any atom is 0.407 e.